The number of aromatic nitrogens is 1. The zero-order valence-corrected chi connectivity index (χ0v) is 18.2. The van der Waals surface area contributed by atoms with E-state index in [1.807, 2.05) is 24.3 Å². The highest BCUT2D eigenvalue weighted by atomic mass is 16.5. The highest BCUT2D eigenvalue weighted by Crippen LogP contribution is 2.31. The molecule has 1 aliphatic heterocycles. The van der Waals surface area contributed by atoms with Crippen molar-refractivity contribution in [3.8, 4) is 5.75 Å². The quantitative estimate of drug-likeness (QED) is 0.521. The van der Waals surface area contributed by atoms with E-state index in [0.29, 0.717) is 6.54 Å². The summed E-state index contributed by atoms with van der Waals surface area (Å²) in [6.07, 6.45) is 4.56. The summed E-state index contributed by atoms with van der Waals surface area (Å²) in [4.78, 5) is 18.5. The summed E-state index contributed by atoms with van der Waals surface area (Å²) in [5, 5.41) is 0. The summed E-state index contributed by atoms with van der Waals surface area (Å²) >= 11 is 0. The van der Waals surface area contributed by atoms with E-state index in [-0.39, 0.29) is 18.1 Å². The van der Waals surface area contributed by atoms with Crippen LogP contribution in [0.3, 0.4) is 0 Å². The maximum Gasteiger partial charge on any atom is 0.323 e. The van der Waals surface area contributed by atoms with Gasteiger partial charge in [0, 0.05) is 12.1 Å². The van der Waals surface area contributed by atoms with Crippen molar-refractivity contribution in [2.75, 3.05) is 13.7 Å². The Morgan fingerprint density at radius 3 is 2.74 bits per heavy atom. The first kappa shape index (κ1) is 21.1. The van der Waals surface area contributed by atoms with Gasteiger partial charge in [0.1, 0.15) is 23.7 Å². The third-order valence-electron chi connectivity index (χ3n) is 5.84. The Bertz CT molecular complexity index is 1010. The number of carbonyl (C=O) groups is 1. The first-order valence-corrected chi connectivity index (χ1v) is 10.6. The third-order valence-corrected chi connectivity index (χ3v) is 5.84. The smallest absolute Gasteiger partial charge is 0.323 e. The van der Waals surface area contributed by atoms with Crippen molar-refractivity contribution in [3.63, 3.8) is 0 Å². The monoisotopic (exact) mass is 420 g/mol. The van der Waals surface area contributed by atoms with E-state index in [9.17, 15) is 4.79 Å². The first-order chi connectivity index (χ1) is 15.0. The zero-order valence-electron chi connectivity index (χ0n) is 18.2. The molecule has 0 N–H and O–H groups in total. The van der Waals surface area contributed by atoms with Crippen LogP contribution in [-0.2, 0) is 16.1 Å². The Kier molecular flexibility index (Phi) is 6.37. The molecule has 162 valence electrons. The minimum absolute atomic E-state index is 0.151. The number of nitrogens with zero attached hydrogens (tertiary/aromatic N) is 2. The Morgan fingerprint density at radius 1 is 1.23 bits per heavy atom. The van der Waals surface area contributed by atoms with E-state index in [4.69, 9.17) is 13.9 Å². The van der Waals surface area contributed by atoms with Crippen LogP contribution in [0.1, 0.15) is 46.9 Å². The molecule has 31 heavy (non-hydrogen) atoms. The Hall–Kier alpha value is -3.12. The molecule has 4 rings (SSSR count). The molecule has 1 unspecified atom stereocenters. The highest BCUT2D eigenvalue weighted by molar-refractivity contribution is 5.76. The fourth-order valence-corrected chi connectivity index (χ4v) is 4.14. The molecule has 0 radical (unpaired) electrons. The second-order valence-electron chi connectivity index (χ2n) is 8.07. The third kappa shape index (κ3) is 4.80. The van der Waals surface area contributed by atoms with Gasteiger partial charge >= 0.3 is 5.97 Å². The number of likely N-dealkylation sites (tertiary alicyclic amines) is 1. The summed E-state index contributed by atoms with van der Waals surface area (Å²) in [6, 6.07) is 14.2. The van der Waals surface area contributed by atoms with E-state index < -0.39 is 0 Å². The molecule has 2 heterocycles. The van der Waals surface area contributed by atoms with E-state index in [2.05, 4.69) is 41.9 Å². The molecule has 0 aliphatic carbocycles. The SMILES string of the molecule is COC(=O)[C@@H]1CCCN1Cc1ccc(OC(c2cocn2)c2cc(C)ccc2C)cc1. The second kappa shape index (κ2) is 9.35. The van der Waals surface area contributed by atoms with Crippen LogP contribution in [-0.4, -0.2) is 35.5 Å². The number of carbonyl (C=O) groups excluding carboxylic acids is 1. The lowest BCUT2D eigenvalue weighted by atomic mass is 9.99. The molecule has 6 nitrogen and oxygen atoms in total. The highest BCUT2D eigenvalue weighted by Gasteiger charge is 2.31. The van der Waals surface area contributed by atoms with Gasteiger partial charge in [0.15, 0.2) is 12.5 Å². The Balaban J connectivity index is 1.51. The number of benzene rings is 2. The van der Waals surface area contributed by atoms with Gasteiger partial charge in [-0.15, -0.1) is 0 Å². The summed E-state index contributed by atoms with van der Waals surface area (Å²) < 4.78 is 16.5. The lowest BCUT2D eigenvalue weighted by Crippen LogP contribution is -2.36. The number of oxazole rings is 1. The number of hydrogen-bond donors (Lipinski definition) is 0. The van der Waals surface area contributed by atoms with Crippen LogP contribution in [0.15, 0.2) is 59.5 Å². The fraction of sp³-hybridized carbons (Fsp3) is 0.360. The fourth-order valence-electron chi connectivity index (χ4n) is 4.14. The van der Waals surface area contributed by atoms with Crippen LogP contribution >= 0.6 is 0 Å². The number of methoxy groups -OCH3 is 1. The van der Waals surface area contributed by atoms with Crippen molar-refractivity contribution < 1.29 is 18.7 Å². The molecule has 1 aromatic heterocycles. The van der Waals surface area contributed by atoms with Crippen LogP contribution in [0.25, 0.3) is 0 Å². The van der Waals surface area contributed by atoms with Gasteiger partial charge < -0.3 is 13.9 Å². The first-order valence-electron chi connectivity index (χ1n) is 10.6. The zero-order chi connectivity index (χ0) is 21.8. The maximum absolute atomic E-state index is 12.0. The molecule has 0 amide bonds. The lowest BCUT2D eigenvalue weighted by Gasteiger charge is -2.23. The van der Waals surface area contributed by atoms with Gasteiger partial charge in [0.05, 0.1) is 7.11 Å². The van der Waals surface area contributed by atoms with Gasteiger partial charge in [-0.25, -0.2) is 4.98 Å². The molecule has 3 aromatic rings. The van der Waals surface area contributed by atoms with Crippen molar-refractivity contribution in [2.24, 2.45) is 0 Å². The molecule has 1 saturated heterocycles. The van der Waals surface area contributed by atoms with E-state index in [0.717, 1.165) is 47.5 Å². The summed E-state index contributed by atoms with van der Waals surface area (Å²) in [6.45, 7) is 5.75. The van der Waals surface area contributed by atoms with Crippen molar-refractivity contribution in [2.45, 2.75) is 45.4 Å². The van der Waals surface area contributed by atoms with Gasteiger partial charge in [-0.2, -0.15) is 0 Å². The predicted octanol–water partition coefficient (Wildman–Crippen LogP) is 4.60. The van der Waals surface area contributed by atoms with Crippen molar-refractivity contribution in [1.82, 2.24) is 9.88 Å². The molecule has 2 atom stereocenters. The summed E-state index contributed by atoms with van der Waals surface area (Å²) in [5.41, 5.74) is 5.23. The average Bonchev–Trinajstić information content (AvgIpc) is 3.47. The van der Waals surface area contributed by atoms with Crippen LogP contribution in [0.5, 0.6) is 5.75 Å². The minimum Gasteiger partial charge on any atom is -0.479 e. The summed E-state index contributed by atoms with van der Waals surface area (Å²) in [5.74, 6) is 0.602. The minimum atomic E-state index is -0.355. The Morgan fingerprint density at radius 2 is 2.03 bits per heavy atom. The molecule has 1 fully saturated rings. The molecule has 0 spiro atoms. The maximum atomic E-state index is 12.0. The van der Waals surface area contributed by atoms with Gasteiger partial charge in [-0.3, -0.25) is 9.69 Å². The van der Waals surface area contributed by atoms with Crippen LogP contribution in [0.2, 0.25) is 0 Å². The number of hydrogen-bond acceptors (Lipinski definition) is 6. The molecular formula is C25H28N2O4. The van der Waals surface area contributed by atoms with Gasteiger partial charge in [0.2, 0.25) is 0 Å². The predicted molar refractivity (Wildman–Crippen MR) is 117 cm³/mol. The van der Waals surface area contributed by atoms with Crippen molar-refractivity contribution in [1.29, 1.82) is 0 Å². The lowest BCUT2D eigenvalue weighted by molar-refractivity contribution is -0.146. The molecule has 6 heteroatoms. The standard InChI is InChI=1S/C25H28N2O4/c1-17-6-7-18(2)21(13-17)24(22-15-30-16-26-22)31-20-10-8-19(9-11-20)14-27-12-4-5-23(27)25(28)29-3/h6-11,13,15-16,23-24H,4-5,12,14H2,1-3H3/t23-,24?/m0/s1. The average molecular weight is 421 g/mol. The van der Waals surface area contributed by atoms with Gasteiger partial charge in [0.25, 0.3) is 0 Å². The van der Waals surface area contributed by atoms with Crippen LogP contribution in [0.4, 0.5) is 0 Å². The largest absolute Gasteiger partial charge is 0.479 e. The number of ether oxygens (including phenoxy) is 2. The van der Waals surface area contributed by atoms with Crippen molar-refractivity contribution in [3.05, 3.63) is 83.1 Å². The topological polar surface area (TPSA) is 64.8 Å². The molecule has 0 bridgehead atoms. The Labute approximate surface area is 182 Å². The number of rotatable bonds is 7. The van der Waals surface area contributed by atoms with E-state index >= 15 is 0 Å². The van der Waals surface area contributed by atoms with Crippen LogP contribution < -0.4 is 4.74 Å². The molecule has 1 aliphatic rings. The van der Waals surface area contributed by atoms with Gasteiger partial charge in [-0.1, -0.05) is 35.9 Å². The van der Waals surface area contributed by atoms with Gasteiger partial charge in [-0.05, 0) is 56.5 Å². The van der Waals surface area contributed by atoms with Crippen LogP contribution in [0, 0.1) is 13.8 Å². The number of aryl methyl sites for hydroxylation is 2. The number of esters is 1. The second-order valence-corrected chi connectivity index (χ2v) is 8.07. The molecular weight excluding hydrogens is 392 g/mol. The molecule has 2 aromatic carbocycles. The molecule has 0 saturated carbocycles. The van der Waals surface area contributed by atoms with E-state index in [1.54, 1.807) is 6.26 Å². The normalized spacial score (nSPS) is 17.5. The van der Waals surface area contributed by atoms with E-state index in [1.165, 1.54) is 19.1 Å². The summed E-state index contributed by atoms with van der Waals surface area (Å²) in [7, 11) is 1.45. The van der Waals surface area contributed by atoms with Crippen molar-refractivity contribution >= 4 is 5.97 Å².